The molecular formula is C26H23N3O5S. The minimum atomic E-state index is -0.363. The number of carbonyl (C=O) groups is 3. The van der Waals surface area contributed by atoms with E-state index in [-0.39, 0.29) is 37.0 Å². The predicted molar refractivity (Wildman–Crippen MR) is 135 cm³/mol. The van der Waals surface area contributed by atoms with Gasteiger partial charge in [-0.05, 0) is 35.7 Å². The number of anilines is 2. The van der Waals surface area contributed by atoms with Crippen molar-refractivity contribution < 1.29 is 23.9 Å². The van der Waals surface area contributed by atoms with Crippen molar-refractivity contribution in [2.75, 3.05) is 24.9 Å². The largest absolute Gasteiger partial charge is 0.495 e. The molecule has 0 aliphatic carbocycles. The molecular weight excluding hydrogens is 466 g/mol. The van der Waals surface area contributed by atoms with Crippen LogP contribution in [0.4, 0.5) is 11.4 Å². The molecule has 3 heterocycles. The van der Waals surface area contributed by atoms with Crippen molar-refractivity contribution in [2.45, 2.75) is 19.3 Å². The van der Waals surface area contributed by atoms with Gasteiger partial charge < -0.3 is 25.1 Å². The zero-order chi connectivity index (χ0) is 24.8. The maximum atomic E-state index is 12.9. The van der Waals surface area contributed by atoms with Crippen LogP contribution in [-0.4, -0.2) is 37.0 Å². The molecule has 8 nitrogen and oxygen atoms in total. The second-order valence-electron chi connectivity index (χ2n) is 7.56. The number of hydrogen-bond acceptors (Lipinski definition) is 6. The third-order valence-electron chi connectivity index (χ3n) is 5.30. The number of aromatic nitrogens is 1. The Kier molecular flexibility index (Phi) is 7.33. The van der Waals surface area contributed by atoms with E-state index in [1.165, 1.54) is 18.4 Å². The highest BCUT2D eigenvalue weighted by atomic mass is 32.1. The average Bonchev–Trinajstić information content (AvgIpc) is 3.59. The molecule has 0 unspecified atom stereocenters. The Balaban J connectivity index is 1.74. The number of benzene rings is 1. The van der Waals surface area contributed by atoms with Crippen LogP contribution in [-0.2, 0) is 25.5 Å². The number of H-pyrrole nitrogens is 1. The van der Waals surface area contributed by atoms with Crippen molar-refractivity contribution in [1.29, 1.82) is 0 Å². The Bertz CT molecular complexity index is 1360. The quantitative estimate of drug-likeness (QED) is 0.263. The molecule has 0 spiro atoms. The number of methoxy groups -OCH3 is 2. The maximum absolute atomic E-state index is 12.9. The van der Waals surface area contributed by atoms with Crippen LogP contribution in [0.1, 0.15) is 34.5 Å². The molecule has 9 heteroatoms. The summed E-state index contributed by atoms with van der Waals surface area (Å²) >= 11 is 1.50. The molecule has 0 radical (unpaired) electrons. The molecule has 35 heavy (non-hydrogen) atoms. The zero-order valence-electron chi connectivity index (χ0n) is 19.2. The van der Waals surface area contributed by atoms with Crippen molar-refractivity contribution in [1.82, 2.24) is 4.98 Å². The summed E-state index contributed by atoms with van der Waals surface area (Å²) in [5.41, 5.74) is 3.14. The monoisotopic (exact) mass is 489 g/mol. The molecule has 178 valence electrons. The number of fused-ring (bicyclic) bond motifs is 1. The van der Waals surface area contributed by atoms with Gasteiger partial charge in [-0.3, -0.25) is 14.4 Å². The van der Waals surface area contributed by atoms with E-state index in [2.05, 4.69) is 32.2 Å². The summed E-state index contributed by atoms with van der Waals surface area (Å²) in [6.07, 6.45) is 4.04. The summed E-state index contributed by atoms with van der Waals surface area (Å²) in [5.74, 6) is 5.78. The lowest BCUT2D eigenvalue weighted by Crippen LogP contribution is -2.15. The Hall–Kier alpha value is -4.29. The summed E-state index contributed by atoms with van der Waals surface area (Å²) < 4.78 is 10.0. The number of carbonyl (C=O) groups excluding carboxylic acids is 3. The molecule has 2 amide bonds. The van der Waals surface area contributed by atoms with Crippen molar-refractivity contribution in [2.24, 2.45) is 0 Å². The molecule has 1 aliphatic rings. The van der Waals surface area contributed by atoms with Crippen LogP contribution in [0.5, 0.6) is 5.75 Å². The smallest absolute Gasteiger partial charge is 0.306 e. The summed E-state index contributed by atoms with van der Waals surface area (Å²) in [5, 5.41) is 7.70. The van der Waals surface area contributed by atoms with Gasteiger partial charge in [0.25, 0.3) is 5.91 Å². The fraction of sp³-hybridized carbons (Fsp3) is 0.192. The van der Waals surface area contributed by atoms with Crippen LogP contribution in [0.15, 0.2) is 41.9 Å². The number of nitrogens with one attached hydrogen (secondary N) is 3. The average molecular weight is 490 g/mol. The van der Waals surface area contributed by atoms with E-state index in [1.54, 1.807) is 37.6 Å². The van der Waals surface area contributed by atoms with Gasteiger partial charge in [-0.15, -0.1) is 11.3 Å². The number of thiophene rings is 1. The predicted octanol–water partition coefficient (Wildman–Crippen LogP) is 4.06. The molecule has 3 N–H and O–H groups in total. The third-order valence-corrected chi connectivity index (χ3v) is 6.18. The zero-order valence-corrected chi connectivity index (χ0v) is 20.0. The highest BCUT2D eigenvalue weighted by Gasteiger charge is 2.29. The van der Waals surface area contributed by atoms with Gasteiger partial charge in [-0.25, -0.2) is 0 Å². The Labute approximate surface area is 206 Å². The van der Waals surface area contributed by atoms with Crippen LogP contribution in [0, 0.1) is 11.8 Å². The molecule has 1 aromatic carbocycles. The van der Waals surface area contributed by atoms with E-state index in [1.807, 2.05) is 17.5 Å². The first-order valence-electron chi connectivity index (χ1n) is 10.8. The number of hydrogen-bond donors (Lipinski definition) is 3. The molecule has 3 aromatic rings. The van der Waals surface area contributed by atoms with Crippen molar-refractivity contribution in [3.8, 4) is 17.6 Å². The van der Waals surface area contributed by atoms with E-state index in [4.69, 9.17) is 4.74 Å². The molecule has 2 aromatic heterocycles. The number of esters is 1. The van der Waals surface area contributed by atoms with E-state index >= 15 is 0 Å². The van der Waals surface area contributed by atoms with E-state index in [0.29, 0.717) is 39.5 Å². The summed E-state index contributed by atoms with van der Waals surface area (Å²) in [7, 11) is 2.87. The Morgan fingerprint density at radius 1 is 1.20 bits per heavy atom. The van der Waals surface area contributed by atoms with Crippen LogP contribution >= 0.6 is 11.3 Å². The van der Waals surface area contributed by atoms with Gasteiger partial charge in [0.1, 0.15) is 5.75 Å². The Morgan fingerprint density at radius 2 is 2.06 bits per heavy atom. The van der Waals surface area contributed by atoms with Crippen LogP contribution in [0.2, 0.25) is 0 Å². The lowest BCUT2D eigenvalue weighted by Gasteiger charge is -2.11. The highest BCUT2D eigenvalue weighted by Crippen LogP contribution is 2.39. The molecule has 0 saturated heterocycles. The van der Waals surface area contributed by atoms with Gasteiger partial charge >= 0.3 is 5.97 Å². The van der Waals surface area contributed by atoms with Crippen LogP contribution < -0.4 is 15.4 Å². The normalized spacial score (nSPS) is 13.0. The van der Waals surface area contributed by atoms with Gasteiger partial charge in [-0.1, -0.05) is 17.9 Å². The molecule has 0 fully saturated rings. The SMILES string of the molecule is COC(=O)CCC#Cc1c(NC(=O)Cc2cccs2)ccc2c1/C(=C/c1[nH]ccc1OC)C(=O)N2. The van der Waals surface area contributed by atoms with Gasteiger partial charge in [0, 0.05) is 23.1 Å². The van der Waals surface area contributed by atoms with Crippen molar-refractivity contribution in [3.05, 3.63) is 63.6 Å². The van der Waals surface area contributed by atoms with Gasteiger partial charge in [0.15, 0.2) is 0 Å². The molecule has 4 rings (SSSR count). The first-order chi connectivity index (χ1) is 17.0. The molecule has 1 aliphatic heterocycles. The fourth-order valence-electron chi connectivity index (χ4n) is 3.65. The van der Waals surface area contributed by atoms with E-state index in [9.17, 15) is 14.4 Å². The van der Waals surface area contributed by atoms with Crippen LogP contribution in [0.25, 0.3) is 11.6 Å². The fourth-order valence-corrected chi connectivity index (χ4v) is 4.35. The van der Waals surface area contributed by atoms with Crippen molar-refractivity contribution in [3.63, 3.8) is 0 Å². The topological polar surface area (TPSA) is 110 Å². The van der Waals surface area contributed by atoms with Gasteiger partial charge in [-0.2, -0.15) is 0 Å². The van der Waals surface area contributed by atoms with E-state index in [0.717, 1.165) is 4.88 Å². The number of amides is 2. The third kappa shape index (κ3) is 5.45. The second kappa shape index (κ2) is 10.8. The maximum Gasteiger partial charge on any atom is 0.306 e. The lowest BCUT2D eigenvalue weighted by atomic mass is 9.97. The molecule has 0 atom stereocenters. The van der Waals surface area contributed by atoms with Crippen molar-refractivity contribution >= 4 is 52.1 Å². The number of ether oxygens (including phenoxy) is 2. The summed E-state index contributed by atoms with van der Waals surface area (Å²) in [6, 6.07) is 9.00. The van der Waals surface area contributed by atoms with Crippen LogP contribution in [0.3, 0.4) is 0 Å². The summed E-state index contributed by atoms with van der Waals surface area (Å²) in [6.45, 7) is 0. The number of aromatic amines is 1. The molecule has 0 saturated carbocycles. The van der Waals surface area contributed by atoms with Gasteiger partial charge in [0.2, 0.25) is 5.91 Å². The summed E-state index contributed by atoms with van der Waals surface area (Å²) in [4.78, 5) is 41.1. The van der Waals surface area contributed by atoms with E-state index < -0.39 is 0 Å². The standard InChI is InChI=1S/C26H23N3O5S/c1-33-22-11-12-27-21(22)15-18-25-17(7-3-4-8-24(31)34-2)19(9-10-20(25)29-26(18)32)28-23(30)14-16-6-5-13-35-16/h5-6,9-13,15,27H,4,8,14H2,1-2H3,(H,28,30)(H,29,32)/b18-15-. The number of rotatable bonds is 7. The lowest BCUT2D eigenvalue weighted by molar-refractivity contribution is -0.140. The second-order valence-corrected chi connectivity index (χ2v) is 8.60. The van der Waals surface area contributed by atoms with Gasteiger partial charge in [0.05, 0.1) is 55.3 Å². The first-order valence-corrected chi connectivity index (χ1v) is 11.7. The molecule has 0 bridgehead atoms. The minimum absolute atomic E-state index is 0.137. The highest BCUT2D eigenvalue weighted by molar-refractivity contribution is 7.10. The Morgan fingerprint density at radius 3 is 2.80 bits per heavy atom. The minimum Gasteiger partial charge on any atom is -0.495 e. The first kappa shape index (κ1) is 23.9.